The Morgan fingerprint density at radius 3 is 1.05 bits per heavy atom. The second-order valence-electron chi connectivity index (χ2n) is 31.0. The van der Waals surface area contributed by atoms with E-state index in [2.05, 4.69) is 109 Å². The number of hydrogen-bond acceptors (Lipinski definition) is 12. The summed E-state index contributed by atoms with van der Waals surface area (Å²) < 4.78 is 4.59. The van der Waals surface area contributed by atoms with Gasteiger partial charge >= 0.3 is 0 Å². The second-order valence-corrected chi connectivity index (χ2v) is 31.0. The van der Waals surface area contributed by atoms with Crippen molar-refractivity contribution in [3.63, 3.8) is 0 Å². The van der Waals surface area contributed by atoms with Crippen molar-refractivity contribution < 1.29 is 28.8 Å². The number of nitrogens with zero attached hydrogens (tertiary/aromatic N) is 6. The molecule has 3 N–H and O–H groups in total. The van der Waals surface area contributed by atoms with Crippen LogP contribution in [0.25, 0.3) is 33.4 Å². The number of aromatic nitrogens is 6. The minimum atomic E-state index is -0.680. The van der Waals surface area contributed by atoms with Crippen LogP contribution in [-0.4, -0.2) is 63.7 Å². The van der Waals surface area contributed by atoms with Crippen molar-refractivity contribution in [1.29, 1.82) is 0 Å². The molecule has 18 heteroatoms. The van der Waals surface area contributed by atoms with E-state index in [4.69, 9.17) is 0 Å². The summed E-state index contributed by atoms with van der Waals surface area (Å²) in [6.07, 6.45) is 20.0. The number of hydrogen-bond donors (Lipinski definition) is 3. The van der Waals surface area contributed by atoms with Gasteiger partial charge in [-0.05, 0) is 252 Å². The molecule has 3 aromatic carbocycles. The molecule has 6 atom stereocenters. The lowest BCUT2D eigenvalue weighted by Gasteiger charge is -2.26. The molecule has 18 nitrogen and oxygen atoms in total. The number of pyridine rings is 6. The van der Waals surface area contributed by atoms with Crippen molar-refractivity contribution in [2.45, 2.75) is 218 Å². The van der Waals surface area contributed by atoms with E-state index in [0.717, 1.165) is 119 Å². The summed E-state index contributed by atoms with van der Waals surface area (Å²) in [5, 5.41) is 9.25. The van der Waals surface area contributed by atoms with Crippen LogP contribution in [0.4, 0.5) is 0 Å². The van der Waals surface area contributed by atoms with Crippen LogP contribution < -0.4 is 32.6 Å². The van der Waals surface area contributed by atoms with Crippen LogP contribution in [0.5, 0.6) is 0 Å². The van der Waals surface area contributed by atoms with Crippen molar-refractivity contribution in [1.82, 2.24) is 44.6 Å². The molecule has 0 aliphatic heterocycles. The zero-order valence-electron chi connectivity index (χ0n) is 66.3. The van der Waals surface area contributed by atoms with Crippen LogP contribution in [-0.2, 0) is 28.8 Å². The smallest absolute Gasteiger partial charge is 0.251 e. The maximum Gasteiger partial charge on any atom is 0.251 e. The highest BCUT2D eigenvalue weighted by atomic mass is 16.2. The summed E-state index contributed by atoms with van der Waals surface area (Å²) in [5.74, 6) is 0.122. The van der Waals surface area contributed by atoms with E-state index in [9.17, 15) is 43.2 Å². The van der Waals surface area contributed by atoms with E-state index in [-0.39, 0.29) is 88.8 Å². The van der Waals surface area contributed by atoms with E-state index in [1.54, 1.807) is 53.9 Å². The lowest BCUT2D eigenvalue weighted by atomic mass is 9.94. The summed E-state index contributed by atoms with van der Waals surface area (Å²) in [7, 11) is 0. The standard InChI is InChI=1S/C31H37N3O3.C30H37N3O3.C29H35N3O3/c1-19(2)13-28(34-18-24(23-9-10-23)11-12-29(34)36)31(37)33-27(14-22(5)35)25-15-26(17-32-16-25)30-20(3)7-6-8-21(30)4;1-18(2)11-27(33-17-22(6)21(5)12-28(33)35)30(36)32-26(13-23(7)34)24-14-25(16-31-15-24)29-19(3)9-8-10-20(29)4;1-18(2)12-26(32-11-10-19(3)13-27(32)34)29(35)31-25(14-22(6)33)23-15-24(17-30-16-23)28-20(4)8-7-9-21(28)5/h6-8,11-12,15-19,23,27-28H,9-10,13-14H2,1-5H3,(H,33,37);8-10,12,14-18,26-27H,11,13H2,1-7H3,(H,32,36);7-11,13,15-18,25-26H,12,14H2,1-6H3,(H,31,35)/t27-,28-;26-,27-;25-,26-/m111/s1. The number of amides is 3. The Morgan fingerprint density at radius 2 is 0.722 bits per heavy atom. The number of nitrogens with one attached hydrogen (secondary N) is 3. The topological polar surface area (TPSA) is 243 Å². The van der Waals surface area contributed by atoms with Crippen LogP contribution in [0.2, 0.25) is 0 Å². The first-order valence-corrected chi connectivity index (χ1v) is 37.7. The Bertz CT molecular complexity index is 4860. The molecule has 0 saturated heterocycles. The minimum absolute atomic E-state index is 0.0314. The monoisotopic (exact) mass is 1460 g/mol. The molecule has 9 aromatic rings. The average molecular weight is 1460 g/mol. The zero-order valence-corrected chi connectivity index (χ0v) is 66.3. The van der Waals surface area contributed by atoms with Gasteiger partial charge in [0, 0.05) is 110 Å². The Morgan fingerprint density at radius 1 is 0.389 bits per heavy atom. The average Bonchev–Trinajstić information content (AvgIpc) is 1.28. The lowest BCUT2D eigenvalue weighted by Crippen LogP contribution is -2.40. The molecule has 1 aliphatic carbocycles. The number of Topliss-reactive ketones (excluding diaryl/α,β-unsaturated/α-hetero) is 3. The van der Waals surface area contributed by atoms with Gasteiger partial charge in [0.15, 0.2) is 0 Å². The number of rotatable bonds is 28. The Balaban J connectivity index is 0.000000204. The molecule has 1 aliphatic rings. The number of ketones is 3. The first-order chi connectivity index (χ1) is 51.2. The van der Waals surface area contributed by atoms with Gasteiger partial charge in [-0.25, -0.2) is 0 Å². The predicted molar refractivity (Wildman–Crippen MR) is 430 cm³/mol. The van der Waals surface area contributed by atoms with Crippen molar-refractivity contribution in [2.75, 3.05) is 0 Å². The third-order valence-electron chi connectivity index (χ3n) is 19.9. The maximum atomic E-state index is 13.8. The quantitative estimate of drug-likeness (QED) is 0.0415. The van der Waals surface area contributed by atoms with Gasteiger partial charge in [-0.3, -0.25) is 58.1 Å². The third kappa shape index (κ3) is 22.5. The largest absolute Gasteiger partial charge is 0.347 e. The van der Waals surface area contributed by atoms with Gasteiger partial charge in [-0.15, -0.1) is 0 Å². The molecule has 0 bridgehead atoms. The molecule has 6 heterocycles. The fourth-order valence-electron chi connectivity index (χ4n) is 14.2. The third-order valence-corrected chi connectivity index (χ3v) is 19.9. The number of carbonyl (C=O) groups is 6. The molecule has 108 heavy (non-hydrogen) atoms. The molecular weight excluding hydrogens is 1350 g/mol. The van der Waals surface area contributed by atoms with Crippen molar-refractivity contribution >= 4 is 35.1 Å². The molecule has 10 rings (SSSR count). The van der Waals surface area contributed by atoms with E-state index in [1.807, 2.05) is 129 Å². The van der Waals surface area contributed by atoms with Gasteiger partial charge in [0.1, 0.15) is 35.5 Å². The van der Waals surface area contributed by atoms with Crippen LogP contribution in [0, 0.1) is 80.1 Å². The number of benzene rings is 3. The lowest BCUT2D eigenvalue weighted by molar-refractivity contribution is -0.127. The second kappa shape index (κ2) is 37.8. The fraction of sp³-hybridized carbons (Fsp3) is 0.400. The van der Waals surface area contributed by atoms with E-state index in [0.29, 0.717) is 25.2 Å². The van der Waals surface area contributed by atoms with Gasteiger partial charge < -0.3 is 29.7 Å². The SMILES string of the molecule is CC(=O)C[C@@H](NC(=O)[C@@H](CC(C)C)n1cc(C)c(C)cc1=O)c1cncc(-c2c(C)cccc2C)c1.CC(=O)C[C@@H](NC(=O)[C@@H](CC(C)C)n1cc(C2CC2)ccc1=O)c1cncc(-c2c(C)cccc2C)c1.CC(=O)C[C@@H](NC(=O)[C@@H](CC(C)C)n1ccc(C)cc1=O)c1cncc(-c2c(C)cccc2C)c1. The first kappa shape index (κ1) is 83.0. The minimum Gasteiger partial charge on any atom is -0.347 e. The predicted octanol–water partition coefficient (Wildman–Crippen LogP) is 16.7. The number of carbonyl (C=O) groups excluding carboxylic acids is 6. The summed E-state index contributed by atoms with van der Waals surface area (Å²) >= 11 is 0. The highest BCUT2D eigenvalue weighted by Crippen LogP contribution is 2.40. The van der Waals surface area contributed by atoms with Gasteiger partial charge in [-0.1, -0.05) is 102 Å². The molecule has 1 fully saturated rings. The van der Waals surface area contributed by atoms with Gasteiger partial charge in [0.25, 0.3) is 16.7 Å². The Kier molecular flexibility index (Phi) is 29.0. The Labute approximate surface area is 636 Å². The summed E-state index contributed by atoms with van der Waals surface area (Å²) in [6, 6.07) is 29.1. The zero-order chi connectivity index (χ0) is 79.0. The van der Waals surface area contributed by atoms with Crippen molar-refractivity contribution in [3.8, 4) is 33.4 Å². The van der Waals surface area contributed by atoms with E-state index >= 15 is 0 Å². The van der Waals surface area contributed by atoms with Crippen LogP contribution in [0.1, 0.15) is 228 Å². The molecule has 1 saturated carbocycles. The number of aryl methyl sites for hydroxylation is 9. The molecular formula is C90H109N9O9. The maximum absolute atomic E-state index is 13.8. The fourth-order valence-corrected chi connectivity index (χ4v) is 14.2. The molecule has 0 radical (unpaired) electrons. The van der Waals surface area contributed by atoms with E-state index < -0.39 is 36.3 Å². The molecule has 0 spiro atoms. The summed E-state index contributed by atoms with van der Waals surface area (Å²) in [4.78, 5) is 129. The summed E-state index contributed by atoms with van der Waals surface area (Å²) in [5.41, 5.74) is 18.4. The Hall–Kier alpha value is -10.6. The van der Waals surface area contributed by atoms with Gasteiger partial charge in [0.2, 0.25) is 17.7 Å². The van der Waals surface area contributed by atoms with Crippen molar-refractivity contribution in [3.05, 3.63) is 262 Å². The van der Waals surface area contributed by atoms with Crippen molar-refractivity contribution in [2.24, 2.45) is 17.8 Å². The van der Waals surface area contributed by atoms with Crippen LogP contribution >= 0.6 is 0 Å². The normalized spacial score (nSPS) is 13.6. The molecule has 0 unspecified atom stereocenters. The van der Waals surface area contributed by atoms with Crippen LogP contribution in [0.15, 0.2) is 173 Å². The first-order valence-electron chi connectivity index (χ1n) is 37.7. The highest BCUT2D eigenvalue weighted by Gasteiger charge is 2.32. The molecule has 3 amide bonds. The van der Waals surface area contributed by atoms with Gasteiger partial charge in [-0.2, -0.15) is 0 Å². The summed E-state index contributed by atoms with van der Waals surface area (Å²) in [6.45, 7) is 34.7. The molecule has 6 aromatic heterocycles. The van der Waals surface area contributed by atoms with E-state index in [1.165, 1.54) is 36.0 Å². The molecule has 568 valence electrons. The van der Waals surface area contributed by atoms with Gasteiger partial charge in [0.05, 0.1) is 18.1 Å². The van der Waals surface area contributed by atoms with Crippen LogP contribution in [0.3, 0.4) is 0 Å². The highest BCUT2D eigenvalue weighted by molar-refractivity contribution is 5.85.